The number of fused-ring (bicyclic) bond motifs is 1. The minimum atomic E-state index is -0.622. The molecule has 2 amide bonds. The molecule has 0 aliphatic carbocycles. The Labute approximate surface area is 177 Å². The van der Waals surface area contributed by atoms with Crippen LogP contribution >= 0.6 is 11.6 Å². The van der Waals surface area contributed by atoms with Crippen LogP contribution in [0.1, 0.15) is 16.8 Å². The molecule has 154 valence electrons. The number of nitrogens with zero attached hydrogens (tertiary/aromatic N) is 1. The third-order valence-electron chi connectivity index (χ3n) is 4.15. The zero-order valence-corrected chi connectivity index (χ0v) is 16.7. The second-order valence-electron chi connectivity index (χ2n) is 6.44. The smallest absolute Gasteiger partial charge is 0.257 e. The van der Waals surface area contributed by atoms with E-state index in [1.165, 1.54) is 18.3 Å². The predicted octanol–water partition coefficient (Wildman–Crippen LogP) is 3.86. The Balaban J connectivity index is 1.40. The van der Waals surface area contributed by atoms with Crippen molar-refractivity contribution in [3.63, 3.8) is 0 Å². The summed E-state index contributed by atoms with van der Waals surface area (Å²) in [6.07, 6.45) is 1.84. The molecule has 0 aliphatic heterocycles. The van der Waals surface area contributed by atoms with Gasteiger partial charge in [-0.25, -0.2) is 4.39 Å². The van der Waals surface area contributed by atoms with Crippen molar-refractivity contribution in [2.24, 2.45) is 0 Å². The highest BCUT2D eigenvalue weighted by atomic mass is 35.5. The molecule has 0 spiro atoms. The Morgan fingerprint density at radius 3 is 2.77 bits per heavy atom. The molecule has 0 bridgehead atoms. The molecule has 0 fully saturated rings. The van der Waals surface area contributed by atoms with E-state index in [9.17, 15) is 14.0 Å². The molecule has 0 atom stereocenters. The van der Waals surface area contributed by atoms with Crippen LogP contribution in [0.25, 0.3) is 10.9 Å². The summed E-state index contributed by atoms with van der Waals surface area (Å²) in [5.41, 5.74) is 1.68. The van der Waals surface area contributed by atoms with Gasteiger partial charge in [-0.15, -0.1) is 0 Å². The van der Waals surface area contributed by atoms with Gasteiger partial charge in [-0.05, 0) is 24.3 Å². The van der Waals surface area contributed by atoms with Crippen molar-refractivity contribution in [2.75, 3.05) is 13.2 Å². The van der Waals surface area contributed by atoms with Gasteiger partial charge in [0.1, 0.15) is 11.6 Å². The third kappa shape index (κ3) is 5.78. The van der Waals surface area contributed by atoms with E-state index in [4.69, 9.17) is 16.3 Å². The molecule has 30 heavy (non-hydrogen) atoms. The number of hydrogen-bond donors (Lipinski definition) is 2. The van der Waals surface area contributed by atoms with Crippen molar-refractivity contribution in [1.29, 1.82) is 0 Å². The molecule has 3 aromatic rings. The molecule has 1 heterocycles. The normalized spacial score (nSPS) is 10.5. The van der Waals surface area contributed by atoms with Crippen LogP contribution in [-0.4, -0.2) is 29.9 Å². The highest BCUT2D eigenvalue weighted by Crippen LogP contribution is 2.20. The summed E-state index contributed by atoms with van der Waals surface area (Å²) in [5.74, 6) is -1.13. The number of rotatable bonds is 8. The highest BCUT2D eigenvalue weighted by Gasteiger charge is 2.09. The monoisotopic (exact) mass is 427 g/mol. The van der Waals surface area contributed by atoms with Crippen LogP contribution in [0.4, 0.5) is 4.39 Å². The molecule has 6 nitrogen and oxygen atoms in total. The van der Waals surface area contributed by atoms with E-state index in [1.54, 1.807) is 6.07 Å². The quantitative estimate of drug-likeness (QED) is 0.572. The van der Waals surface area contributed by atoms with Crippen LogP contribution in [-0.2, 0) is 4.79 Å². The maximum atomic E-state index is 13.3. The van der Waals surface area contributed by atoms with Crippen molar-refractivity contribution in [3.05, 3.63) is 83.4 Å². The zero-order valence-electron chi connectivity index (χ0n) is 16.0. The maximum absolute atomic E-state index is 13.3. The Bertz CT molecular complexity index is 1100. The lowest BCUT2D eigenvalue weighted by molar-refractivity contribution is -0.123. The Morgan fingerprint density at radius 1 is 1.17 bits per heavy atom. The number of amides is 2. The van der Waals surface area contributed by atoms with Gasteiger partial charge in [0.2, 0.25) is 0 Å². The molecule has 8 heteroatoms. The number of benzene rings is 2. The van der Waals surface area contributed by atoms with Crippen LogP contribution in [0.2, 0.25) is 5.02 Å². The van der Waals surface area contributed by atoms with E-state index < -0.39 is 5.82 Å². The molecule has 1 aromatic heterocycles. The zero-order chi connectivity index (χ0) is 21.5. The largest absolute Gasteiger partial charge is 0.484 e. The molecule has 0 saturated carbocycles. The minimum Gasteiger partial charge on any atom is -0.484 e. The van der Waals surface area contributed by atoms with Crippen LogP contribution in [0.5, 0.6) is 5.75 Å². The van der Waals surface area contributed by atoms with Crippen molar-refractivity contribution in [2.45, 2.75) is 6.42 Å². The van der Waals surface area contributed by atoms with E-state index in [2.05, 4.69) is 22.2 Å². The average molecular weight is 428 g/mol. The summed E-state index contributed by atoms with van der Waals surface area (Å²) in [5, 5.41) is 6.18. The summed E-state index contributed by atoms with van der Waals surface area (Å²) in [6.45, 7) is 3.78. The maximum Gasteiger partial charge on any atom is 0.257 e. The molecular weight excluding hydrogens is 409 g/mol. The molecule has 0 unspecified atom stereocenters. The second-order valence-corrected chi connectivity index (χ2v) is 6.85. The molecule has 3 rings (SSSR count). The molecular formula is C22H19ClFN3O3. The van der Waals surface area contributed by atoms with Gasteiger partial charge in [0.25, 0.3) is 11.8 Å². The number of para-hydroxylation sites is 1. The number of aromatic nitrogens is 1. The van der Waals surface area contributed by atoms with E-state index in [-0.39, 0.29) is 35.7 Å². The Morgan fingerprint density at radius 2 is 1.97 bits per heavy atom. The number of halogens is 2. The summed E-state index contributed by atoms with van der Waals surface area (Å²) < 4.78 is 18.5. The van der Waals surface area contributed by atoms with Crippen LogP contribution < -0.4 is 15.4 Å². The lowest BCUT2D eigenvalue weighted by Gasteiger charge is -2.10. The highest BCUT2D eigenvalue weighted by molar-refractivity contribution is 6.30. The van der Waals surface area contributed by atoms with Crippen LogP contribution in [0.15, 0.2) is 67.0 Å². The standard InChI is InChI=1S/C22H19ClFN3O3/c1-14(27-22(29)16-10-15-4-2-3-5-20(15)26-12-16)8-9-25-21(28)13-30-17-6-7-18(23)19(24)11-17/h2-7,10-12H,1,8-9,13H2,(H,25,28)(H,27,29). The van der Waals surface area contributed by atoms with Crippen molar-refractivity contribution < 1.29 is 18.7 Å². The number of pyridine rings is 1. The van der Waals surface area contributed by atoms with Gasteiger partial charge in [0.05, 0.1) is 16.1 Å². The summed E-state index contributed by atoms with van der Waals surface area (Å²) in [7, 11) is 0. The van der Waals surface area contributed by atoms with Crippen molar-refractivity contribution >= 4 is 34.3 Å². The number of carbonyl (C=O) groups excluding carboxylic acids is 2. The molecule has 0 saturated heterocycles. The number of ether oxygens (including phenoxy) is 1. The first-order valence-electron chi connectivity index (χ1n) is 9.11. The van der Waals surface area contributed by atoms with Gasteiger partial charge in [0, 0.05) is 36.3 Å². The van der Waals surface area contributed by atoms with Crippen LogP contribution in [0, 0.1) is 5.82 Å². The van der Waals surface area contributed by atoms with Gasteiger partial charge in [0.15, 0.2) is 6.61 Å². The minimum absolute atomic E-state index is 0.0215. The van der Waals surface area contributed by atoms with Gasteiger partial charge in [-0.2, -0.15) is 0 Å². The SMILES string of the molecule is C=C(CCNC(=O)COc1ccc(Cl)c(F)c1)NC(=O)c1cnc2ccccc2c1. The third-order valence-corrected chi connectivity index (χ3v) is 4.46. The molecule has 0 aliphatic rings. The van der Waals surface area contributed by atoms with Gasteiger partial charge >= 0.3 is 0 Å². The lowest BCUT2D eigenvalue weighted by Crippen LogP contribution is -2.31. The first kappa shape index (κ1) is 21.3. The van der Waals surface area contributed by atoms with Crippen LogP contribution in [0.3, 0.4) is 0 Å². The fourth-order valence-corrected chi connectivity index (χ4v) is 2.73. The fourth-order valence-electron chi connectivity index (χ4n) is 2.61. The number of carbonyl (C=O) groups is 2. The van der Waals surface area contributed by atoms with Gasteiger partial charge in [-0.3, -0.25) is 14.6 Å². The van der Waals surface area contributed by atoms with E-state index in [1.807, 2.05) is 24.3 Å². The Kier molecular flexibility index (Phi) is 6.98. The molecule has 0 radical (unpaired) electrons. The van der Waals surface area contributed by atoms with Gasteiger partial charge < -0.3 is 15.4 Å². The van der Waals surface area contributed by atoms with Gasteiger partial charge in [-0.1, -0.05) is 36.4 Å². The second kappa shape index (κ2) is 9.84. The van der Waals surface area contributed by atoms with E-state index in [0.717, 1.165) is 17.0 Å². The summed E-state index contributed by atoms with van der Waals surface area (Å²) >= 11 is 5.59. The molecule has 2 N–H and O–H groups in total. The Hall–Kier alpha value is -3.45. The summed E-state index contributed by atoms with van der Waals surface area (Å²) in [6, 6.07) is 13.2. The average Bonchev–Trinajstić information content (AvgIpc) is 2.74. The van der Waals surface area contributed by atoms with E-state index >= 15 is 0 Å². The molecule has 2 aromatic carbocycles. The first-order chi connectivity index (χ1) is 14.4. The number of nitrogens with one attached hydrogen (secondary N) is 2. The van der Waals surface area contributed by atoms with E-state index in [0.29, 0.717) is 17.7 Å². The first-order valence-corrected chi connectivity index (χ1v) is 9.48. The predicted molar refractivity (Wildman–Crippen MR) is 113 cm³/mol. The fraction of sp³-hybridized carbons (Fsp3) is 0.136. The lowest BCUT2D eigenvalue weighted by atomic mass is 10.1. The van der Waals surface area contributed by atoms with Crippen molar-refractivity contribution in [1.82, 2.24) is 15.6 Å². The topological polar surface area (TPSA) is 80.3 Å². The number of hydrogen-bond acceptors (Lipinski definition) is 4. The summed E-state index contributed by atoms with van der Waals surface area (Å²) in [4.78, 5) is 28.4. The van der Waals surface area contributed by atoms with Crippen molar-refractivity contribution in [3.8, 4) is 5.75 Å².